The molecule has 124 valence electrons. The topological polar surface area (TPSA) is 51.2 Å². The van der Waals surface area contributed by atoms with E-state index in [2.05, 4.69) is 10.3 Å². The second-order valence-corrected chi connectivity index (χ2v) is 7.18. The third-order valence-electron chi connectivity index (χ3n) is 3.12. The number of nitrogens with one attached hydrogen (secondary N) is 1. The van der Waals surface area contributed by atoms with Crippen molar-refractivity contribution in [3.63, 3.8) is 0 Å². The molecule has 3 rings (SSSR count). The van der Waals surface area contributed by atoms with Crippen LogP contribution in [0.1, 0.15) is 11.9 Å². The van der Waals surface area contributed by atoms with Crippen molar-refractivity contribution in [3.8, 4) is 5.75 Å². The molecule has 0 saturated heterocycles. The van der Waals surface area contributed by atoms with Crippen LogP contribution in [0.5, 0.6) is 5.75 Å². The highest BCUT2D eigenvalue weighted by molar-refractivity contribution is 7.18. The summed E-state index contributed by atoms with van der Waals surface area (Å²) in [5, 5.41) is 3.93. The highest BCUT2D eigenvalue weighted by atomic mass is 35.5. The first-order chi connectivity index (χ1) is 11.5. The number of amides is 1. The fourth-order valence-corrected chi connectivity index (χ4v) is 3.71. The summed E-state index contributed by atoms with van der Waals surface area (Å²) < 4.78 is 6.79. The van der Waals surface area contributed by atoms with Crippen LogP contribution in [0.15, 0.2) is 30.3 Å². The van der Waals surface area contributed by atoms with Crippen molar-refractivity contribution in [1.29, 1.82) is 0 Å². The van der Waals surface area contributed by atoms with Crippen molar-refractivity contribution in [1.82, 2.24) is 4.98 Å². The fraction of sp³-hybridized carbons (Fsp3) is 0.125. The molecule has 0 bridgehead atoms. The summed E-state index contributed by atoms with van der Waals surface area (Å²) in [6.45, 7) is 1.60. The molecule has 24 heavy (non-hydrogen) atoms. The van der Waals surface area contributed by atoms with E-state index in [1.54, 1.807) is 11.3 Å². The van der Waals surface area contributed by atoms with Gasteiger partial charge in [-0.1, -0.05) is 46.9 Å². The van der Waals surface area contributed by atoms with Crippen LogP contribution < -0.4 is 10.1 Å². The lowest BCUT2D eigenvalue weighted by Gasteiger charge is -2.13. The molecule has 0 fully saturated rings. The van der Waals surface area contributed by atoms with Crippen LogP contribution in [-0.4, -0.2) is 10.9 Å². The number of ether oxygens (including phenoxy) is 1. The molecule has 0 spiro atoms. The van der Waals surface area contributed by atoms with Gasteiger partial charge in [0, 0.05) is 13.0 Å². The van der Waals surface area contributed by atoms with Crippen LogP contribution in [0.25, 0.3) is 10.2 Å². The number of thiazole rings is 1. The maximum atomic E-state index is 11.2. The van der Waals surface area contributed by atoms with Gasteiger partial charge >= 0.3 is 0 Å². The molecular weight excluding hydrogens is 391 g/mol. The normalized spacial score (nSPS) is 10.8. The number of fused-ring (bicyclic) bond motifs is 1. The molecule has 0 radical (unpaired) electrons. The maximum Gasteiger partial charge on any atom is 0.221 e. The number of halogens is 3. The van der Waals surface area contributed by atoms with Gasteiger partial charge in [0.1, 0.15) is 22.4 Å². The summed E-state index contributed by atoms with van der Waals surface area (Å²) in [6, 6.07) is 9.36. The highest BCUT2D eigenvalue weighted by Crippen LogP contribution is 2.43. The molecule has 0 unspecified atom stereocenters. The number of hydrogen-bond acceptors (Lipinski definition) is 4. The summed E-state index contributed by atoms with van der Waals surface area (Å²) >= 11 is 20.1. The Bertz CT molecular complexity index is 894. The van der Waals surface area contributed by atoms with Crippen LogP contribution in [0.2, 0.25) is 15.1 Å². The van der Waals surface area contributed by atoms with Gasteiger partial charge in [0.05, 0.1) is 25.9 Å². The molecular formula is C16H11Cl3N2O2S. The van der Waals surface area contributed by atoms with Crippen molar-refractivity contribution in [2.45, 2.75) is 13.5 Å². The zero-order valence-corrected chi connectivity index (χ0v) is 15.5. The number of para-hydroxylation sites is 1. The molecule has 0 aliphatic carbocycles. The number of benzene rings is 2. The smallest absolute Gasteiger partial charge is 0.221 e. The van der Waals surface area contributed by atoms with Gasteiger partial charge < -0.3 is 10.1 Å². The second kappa shape index (κ2) is 7.15. The first kappa shape index (κ1) is 17.3. The number of rotatable bonds is 4. The molecule has 3 aromatic rings. The number of carbonyl (C=O) groups is 1. The number of aromatic nitrogens is 1. The Morgan fingerprint density at radius 1 is 1.25 bits per heavy atom. The second-order valence-electron chi connectivity index (χ2n) is 4.90. The molecule has 1 aromatic heterocycles. The molecule has 0 aliphatic rings. The maximum absolute atomic E-state index is 11.2. The third kappa shape index (κ3) is 3.59. The van der Waals surface area contributed by atoms with Crippen molar-refractivity contribution in [2.75, 3.05) is 5.32 Å². The summed E-state index contributed by atoms with van der Waals surface area (Å²) in [5.41, 5.74) is 1.19. The van der Waals surface area contributed by atoms with E-state index in [4.69, 9.17) is 39.5 Å². The van der Waals surface area contributed by atoms with Gasteiger partial charge in [-0.05, 0) is 12.1 Å². The first-order valence-electron chi connectivity index (χ1n) is 6.88. The lowest BCUT2D eigenvalue weighted by molar-refractivity contribution is -0.114. The first-order valence-corrected chi connectivity index (χ1v) is 8.83. The quantitative estimate of drug-likeness (QED) is 0.563. The largest absolute Gasteiger partial charge is 0.485 e. The molecule has 1 amide bonds. The number of carbonyl (C=O) groups excluding carboxylic acids is 1. The molecule has 1 heterocycles. The zero-order chi connectivity index (χ0) is 17.3. The molecule has 0 aliphatic heterocycles. The van der Waals surface area contributed by atoms with Gasteiger partial charge in [-0.3, -0.25) is 4.79 Å². The monoisotopic (exact) mass is 400 g/mol. The van der Waals surface area contributed by atoms with Crippen LogP contribution in [0.4, 0.5) is 5.69 Å². The molecule has 8 heteroatoms. The Balaban J connectivity index is 1.83. The summed E-state index contributed by atoms with van der Waals surface area (Å²) in [7, 11) is 0. The van der Waals surface area contributed by atoms with Gasteiger partial charge in [0.15, 0.2) is 0 Å². The third-order valence-corrected chi connectivity index (χ3v) is 5.27. The van der Waals surface area contributed by atoms with Gasteiger partial charge in [0.2, 0.25) is 5.91 Å². The van der Waals surface area contributed by atoms with Gasteiger partial charge in [-0.25, -0.2) is 4.98 Å². The lowest BCUT2D eigenvalue weighted by atomic mass is 10.3. The van der Waals surface area contributed by atoms with E-state index in [0.29, 0.717) is 5.75 Å². The van der Waals surface area contributed by atoms with Crippen molar-refractivity contribution < 1.29 is 9.53 Å². The minimum absolute atomic E-state index is 0.138. The Labute approximate surface area is 157 Å². The Hall–Kier alpha value is -1.53. The SMILES string of the molecule is CC(=O)Nc1c(Cl)cc(OCc2nc3ccccc3s2)c(Cl)c1Cl. The van der Waals surface area contributed by atoms with E-state index >= 15 is 0 Å². The molecule has 0 saturated carbocycles. The molecule has 0 atom stereocenters. The standard InChI is InChI=1S/C16H11Cl3N2O2S/c1-8(22)20-16-9(17)6-11(14(18)15(16)19)23-7-13-21-10-4-2-3-5-12(10)24-13/h2-6H,7H2,1H3,(H,20,22). The van der Waals surface area contributed by atoms with E-state index < -0.39 is 0 Å². The minimum Gasteiger partial charge on any atom is -0.485 e. The summed E-state index contributed by atoms with van der Waals surface area (Å²) in [5.74, 6) is 0.0398. The Kier molecular flexibility index (Phi) is 5.15. The van der Waals surface area contributed by atoms with Gasteiger partial charge in [-0.2, -0.15) is 0 Å². The van der Waals surface area contributed by atoms with E-state index in [-0.39, 0.29) is 33.3 Å². The Morgan fingerprint density at radius 2 is 2.00 bits per heavy atom. The predicted molar refractivity (Wildman–Crippen MR) is 99.7 cm³/mol. The van der Waals surface area contributed by atoms with Crippen LogP contribution in [-0.2, 0) is 11.4 Å². The molecule has 1 N–H and O–H groups in total. The Morgan fingerprint density at radius 3 is 2.71 bits per heavy atom. The van der Waals surface area contributed by atoms with Crippen LogP contribution in [0.3, 0.4) is 0 Å². The van der Waals surface area contributed by atoms with Crippen LogP contribution in [0, 0.1) is 0 Å². The average molecular weight is 402 g/mol. The van der Waals surface area contributed by atoms with E-state index in [9.17, 15) is 4.79 Å². The fourth-order valence-electron chi connectivity index (χ4n) is 2.09. The lowest BCUT2D eigenvalue weighted by Crippen LogP contribution is -2.07. The zero-order valence-electron chi connectivity index (χ0n) is 12.4. The molecule has 2 aromatic carbocycles. The highest BCUT2D eigenvalue weighted by Gasteiger charge is 2.17. The minimum atomic E-state index is -0.294. The van der Waals surface area contributed by atoms with Gasteiger partial charge in [0.25, 0.3) is 0 Å². The van der Waals surface area contributed by atoms with E-state index in [1.165, 1.54) is 13.0 Å². The van der Waals surface area contributed by atoms with Gasteiger partial charge in [-0.15, -0.1) is 11.3 Å². The van der Waals surface area contributed by atoms with Crippen molar-refractivity contribution >= 4 is 68.0 Å². The average Bonchev–Trinajstić information content (AvgIpc) is 2.96. The number of hydrogen-bond donors (Lipinski definition) is 1. The summed E-state index contributed by atoms with van der Waals surface area (Å²) in [4.78, 5) is 15.7. The van der Waals surface area contributed by atoms with E-state index in [1.807, 2.05) is 24.3 Å². The van der Waals surface area contributed by atoms with E-state index in [0.717, 1.165) is 15.2 Å². The molecule has 4 nitrogen and oxygen atoms in total. The number of anilines is 1. The van der Waals surface area contributed by atoms with Crippen molar-refractivity contribution in [2.24, 2.45) is 0 Å². The van der Waals surface area contributed by atoms with Crippen LogP contribution >= 0.6 is 46.1 Å². The number of nitrogens with zero attached hydrogens (tertiary/aromatic N) is 1. The van der Waals surface area contributed by atoms with Crippen molar-refractivity contribution in [3.05, 3.63) is 50.4 Å². The summed E-state index contributed by atoms with van der Waals surface area (Å²) in [6.07, 6.45) is 0. The predicted octanol–water partition coefficient (Wildman–Crippen LogP) is 5.79.